The van der Waals surface area contributed by atoms with Crippen molar-refractivity contribution in [2.45, 2.75) is 16.6 Å². The van der Waals surface area contributed by atoms with Gasteiger partial charge >= 0.3 is 0 Å². The summed E-state index contributed by atoms with van der Waals surface area (Å²) in [4.78, 5) is 53.4. The summed E-state index contributed by atoms with van der Waals surface area (Å²) in [6, 6.07) is 24.0. The predicted octanol–water partition coefficient (Wildman–Crippen LogP) is 6.24. The zero-order valence-corrected chi connectivity index (χ0v) is 23.3. The maximum absolute atomic E-state index is 13.1. The fraction of sp³-hybridized carbons (Fsp3) is 0.0667. The monoisotopic (exact) mass is 587 g/mol. The van der Waals surface area contributed by atoms with Crippen molar-refractivity contribution >= 4 is 75.8 Å². The van der Waals surface area contributed by atoms with Gasteiger partial charge in [-0.15, -0.1) is 11.8 Å². The van der Waals surface area contributed by atoms with Crippen molar-refractivity contribution < 1.29 is 19.2 Å². The second-order valence-corrected chi connectivity index (χ2v) is 11.3. The van der Waals surface area contributed by atoms with E-state index in [9.17, 15) is 19.2 Å². The van der Waals surface area contributed by atoms with Crippen molar-refractivity contribution in [2.24, 2.45) is 0 Å². The second kappa shape index (κ2) is 12.3. The quantitative estimate of drug-likeness (QED) is 0.188. The number of imide groups is 1. The van der Waals surface area contributed by atoms with Gasteiger partial charge in [-0.25, -0.2) is 4.90 Å². The minimum atomic E-state index is -0.558. The number of thiophene rings is 1. The number of benzene rings is 3. The number of hydrogen-bond donors (Lipinski definition) is 2. The first-order valence-electron chi connectivity index (χ1n) is 12.2. The number of thioether (sulfide) groups is 1. The number of hydrogen-bond acceptors (Lipinski definition) is 6. The van der Waals surface area contributed by atoms with Gasteiger partial charge in [0.25, 0.3) is 11.8 Å². The molecule has 1 unspecified atom stereocenters. The first-order valence-corrected chi connectivity index (χ1v) is 14.4. The molecule has 1 aromatic heterocycles. The molecule has 10 heteroatoms. The van der Waals surface area contributed by atoms with Crippen LogP contribution in [0.2, 0.25) is 5.02 Å². The average Bonchev–Trinajstić information content (AvgIpc) is 3.57. The Bertz CT molecular complexity index is 1570. The second-order valence-electron chi connectivity index (χ2n) is 8.77. The van der Waals surface area contributed by atoms with E-state index in [4.69, 9.17) is 11.6 Å². The van der Waals surface area contributed by atoms with Crippen molar-refractivity contribution in [3.63, 3.8) is 0 Å². The van der Waals surface area contributed by atoms with Crippen LogP contribution in [0.15, 0.2) is 106 Å². The highest BCUT2D eigenvalue weighted by atomic mass is 35.5. The van der Waals surface area contributed by atoms with Gasteiger partial charge in [0.2, 0.25) is 11.8 Å². The number of halogens is 1. The number of rotatable bonds is 8. The van der Waals surface area contributed by atoms with Gasteiger partial charge in [-0.2, -0.15) is 11.3 Å². The van der Waals surface area contributed by atoms with E-state index >= 15 is 0 Å². The normalized spacial score (nSPS) is 15.3. The van der Waals surface area contributed by atoms with E-state index in [-0.39, 0.29) is 23.9 Å². The van der Waals surface area contributed by atoms with Crippen molar-refractivity contribution in [3.8, 4) is 0 Å². The number of amides is 4. The van der Waals surface area contributed by atoms with Gasteiger partial charge in [-0.1, -0.05) is 29.8 Å². The number of carbonyl (C=O) groups is 4. The molecule has 40 heavy (non-hydrogen) atoms. The Morgan fingerprint density at radius 1 is 0.950 bits per heavy atom. The SMILES string of the molecule is O=C(Nc1ccc(SC2CC(=O)N(c3ccc(Cl)cc3)C2=O)cc1)/C(=C/c1ccsc1)NC(=O)c1ccccc1. The summed E-state index contributed by atoms with van der Waals surface area (Å²) >= 11 is 8.70. The van der Waals surface area contributed by atoms with Crippen molar-refractivity contribution in [1.29, 1.82) is 0 Å². The molecule has 0 aliphatic carbocycles. The zero-order chi connectivity index (χ0) is 28.1. The van der Waals surface area contributed by atoms with Gasteiger partial charge in [-0.05, 0) is 89.1 Å². The molecule has 0 spiro atoms. The smallest absolute Gasteiger partial charge is 0.272 e. The molecule has 4 aromatic rings. The highest BCUT2D eigenvalue weighted by Gasteiger charge is 2.40. The third kappa shape index (κ3) is 6.51. The van der Waals surface area contributed by atoms with Crippen LogP contribution < -0.4 is 15.5 Å². The van der Waals surface area contributed by atoms with E-state index in [0.29, 0.717) is 22.0 Å². The van der Waals surface area contributed by atoms with Crippen molar-refractivity contribution in [1.82, 2.24) is 5.32 Å². The Morgan fingerprint density at radius 2 is 1.68 bits per heavy atom. The topological polar surface area (TPSA) is 95.6 Å². The van der Waals surface area contributed by atoms with Crippen molar-refractivity contribution in [3.05, 3.63) is 118 Å². The van der Waals surface area contributed by atoms with E-state index in [1.807, 2.05) is 22.9 Å². The summed E-state index contributed by atoms with van der Waals surface area (Å²) in [7, 11) is 0. The fourth-order valence-electron chi connectivity index (χ4n) is 4.00. The summed E-state index contributed by atoms with van der Waals surface area (Å²) in [5.74, 6) is -1.43. The van der Waals surface area contributed by atoms with Crippen LogP contribution in [0.25, 0.3) is 6.08 Å². The van der Waals surface area contributed by atoms with E-state index in [1.165, 1.54) is 28.0 Å². The van der Waals surface area contributed by atoms with Crippen LogP contribution in [0.4, 0.5) is 11.4 Å². The van der Waals surface area contributed by atoms with Crippen LogP contribution in [-0.4, -0.2) is 28.9 Å². The number of nitrogens with zero attached hydrogens (tertiary/aromatic N) is 1. The van der Waals surface area contributed by atoms with E-state index in [0.717, 1.165) is 10.5 Å². The Labute approximate surface area is 243 Å². The Morgan fingerprint density at radius 3 is 2.35 bits per heavy atom. The number of carbonyl (C=O) groups excluding carboxylic acids is 4. The molecule has 0 bridgehead atoms. The van der Waals surface area contributed by atoms with Gasteiger partial charge < -0.3 is 10.6 Å². The summed E-state index contributed by atoms with van der Waals surface area (Å²) in [6.45, 7) is 0. The highest BCUT2D eigenvalue weighted by Crippen LogP contribution is 2.34. The summed E-state index contributed by atoms with van der Waals surface area (Å²) in [5, 5.41) is 9.24. The molecule has 1 aliphatic rings. The molecule has 4 amide bonds. The van der Waals surface area contributed by atoms with Crippen LogP contribution in [-0.2, 0) is 14.4 Å². The largest absolute Gasteiger partial charge is 0.321 e. The van der Waals surface area contributed by atoms with E-state index in [2.05, 4.69) is 10.6 Å². The van der Waals surface area contributed by atoms with Crippen LogP contribution in [0.3, 0.4) is 0 Å². The lowest BCUT2D eigenvalue weighted by atomic mass is 10.2. The van der Waals surface area contributed by atoms with Crippen LogP contribution in [0, 0.1) is 0 Å². The molecule has 3 aromatic carbocycles. The molecule has 1 fully saturated rings. The molecular formula is C30H22ClN3O4S2. The van der Waals surface area contributed by atoms with Gasteiger partial charge in [0, 0.05) is 27.6 Å². The van der Waals surface area contributed by atoms with Gasteiger partial charge in [0.1, 0.15) is 5.70 Å². The average molecular weight is 588 g/mol. The Balaban J connectivity index is 1.25. The van der Waals surface area contributed by atoms with Crippen LogP contribution >= 0.6 is 34.7 Å². The lowest BCUT2D eigenvalue weighted by molar-refractivity contribution is -0.121. The Kier molecular flexibility index (Phi) is 8.45. The molecule has 0 radical (unpaired) electrons. The molecule has 2 N–H and O–H groups in total. The zero-order valence-electron chi connectivity index (χ0n) is 20.9. The fourth-order valence-corrected chi connectivity index (χ4v) is 5.80. The molecule has 1 aliphatic heterocycles. The summed E-state index contributed by atoms with van der Waals surface area (Å²) < 4.78 is 0. The molecule has 2 heterocycles. The molecule has 0 saturated carbocycles. The van der Waals surface area contributed by atoms with Crippen LogP contribution in [0.1, 0.15) is 22.3 Å². The highest BCUT2D eigenvalue weighted by molar-refractivity contribution is 8.00. The molecule has 5 rings (SSSR count). The van der Waals surface area contributed by atoms with Gasteiger partial charge in [0.05, 0.1) is 10.9 Å². The predicted molar refractivity (Wildman–Crippen MR) is 159 cm³/mol. The molecule has 1 saturated heterocycles. The lowest BCUT2D eigenvalue weighted by Crippen LogP contribution is -2.31. The van der Waals surface area contributed by atoms with Gasteiger partial charge in [0.15, 0.2) is 0 Å². The maximum Gasteiger partial charge on any atom is 0.272 e. The van der Waals surface area contributed by atoms with Crippen LogP contribution in [0.5, 0.6) is 0 Å². The minimum Gasteiger partial charge on any atom is -0.321 e. The molecule has 1 atom stereocenters. The standard InChI is InChI=1S/C30H22ClN3O4S2/c31-21-6-10-23(11-7-21)34-27(35)17-26(30(34)38)40-24-12-8-22(9-13-24)32-29(37)25(16-19-14-15-39-18-19)33-28(36)20-4-2-1-3-5-20/h1-16,18,26H,17H2,(H,32,37)(H,33,36)/b25-16-. The summed E-state index contributed by atoms with van der Waals surface area (Å²) in [6.07, 6.45) is 1.70. The molecule has 7 nitrogen and oxygen atoms in total. The lowest BCUT2D eigenvalue weighted by Gasteiger charge is -2.15. The van der Waals surface area contributed by atoms with Crippen molar-refractivity contribution in [2.75, 3.05) is 10.2 Å². The van der Waals surface area contributed by atoms with Gasteiger partial charge in [-0.3, -0.25) is 19.2 Å². The third-order valence-corrected chi connectivity index (χ3v) is 8.11. The minimum absolute atomic E-state index is 0.0858. The molecular weight excluding hydrogens is 566 g/mol. The Hall–Kier alpha value is -4.18. The first kappa shape index (κ1) is 27.4. The maximum atomic E-state index is 13.1. The van der Waals surface area contributed by atoms with E-state index < -0.39 is 17.1 Å². The summed E-state index contributed by atoms with van der Waals surface area (Å²) in [5.41, 5.74) is 2.33. The first-order chi connectivity index (χ1) is 19.4. The third-order valence-electron chi connectivity index (χ3n) is 5.96. The van der Waals surface area contributed by atoms with E-state index in [1.54, 1.807) is 78.9 Å². The molecule has 200 valence electrons. The number of nitrogens with one attached hydrogen (secondary N) is 2. The number of anilines is 2.